The maximum absolute atomic E-state index is 10.7. The summed E-state index contributed by atoms with van der Waals surface area (Å²) in [6.45, 7) is 1.51. The van der Waals surface area contributed by atoms with Gasteiger partial charge in [-0.25, -0.2) is 0 Å². The number of aromatic nitrogens is 1. The van der Waals surface area contributed by atoms with Gasteiger partial charge >= 0.3 is 7.60 Å². The molecule has 16 heavy (non-hydrogen) atoms. The summed E-state index contributed by atoms with van der Waals surface area (Å²) >= 11 is 0. The standard InChI is InChI=1S/C9H10NO5P/c1-6-9(12)8(5-11)7(4-10-6)2-3-16(13,14)15/h2-5,12H,1H3,(H2,13,14,15)/b3-2+. The van der Waals surface area contributed by atoms with E-state index in [0.717, 1.165) is 6.08 Å². The van der Waals surface area contributed by atoms with Gasteiger partial charge in [0.2, 0.25) is 0 Å². The van der Waals surface area contributed by atoms with Gasteiger partial charge in [0.15, 0.2) is 6.29 Å². The van der Waals surface area contributed by atoms with Gasteiger partial charge in [0.05, 0.1) is 11.3 Å². The van der Waals surface area contributed by atoms with Gasteiger partial charge in [0.1, 0.15) is 5.75 Å². The number of aldehydes is 1. The molecule has 0 saturated carbocycles. The summed E-state index contributed by atoms with van der Waals surface area (Å²) < 4.78 is 10.6. The van der Waals surface area contributed by atoms with E-state index in [9.17, 15) is 14.5 Å². The van der Waals surface area contributed by atoms with Crippen LogP contribution in [0.5, 0.6) is 5.75 Å². The zero-order valence-corrected chi connectivity index (χ0v) is 9.26. The van der Waals surface area contributed by atoms with Gasteiger partial charge in [0, 0.05) is 17.6 Å². The van der Waals surface area contributed by atoms with Gasteiger partial charge in [-0.1, -0.05) is 0 Å². The van der Waals surface area contributed by atoms with Crippen molar-refractivity contribution >= 4 is 20.0 Å². The number of rotatable bonds is 3. The van der Waals surface area contributed by atoms with Gasteiger partial charge in [-0.05, 0) is 13.0 Å². The van der Waals surface area contributed by atoms with Crippen LogP contribution in [0.2, 0.25) is 0 Å². The van der Waals surface area contributed by atoms with Crippen LogP contribution in [0.4, 0.5) is 0 Å². The molecule has 6 nitrogen and oxygen atoms in total. The van der Waals surface area contributed by atoms with E-state index in [1.54, 1.807) is 0 Å². The smallest absolute Gasteiger partial charge is 0.349 e. The molecule has 1 rings (SSSR count). The number of nitrogens with zero attached hydrogens (tertiary/aromatic N) is 1. The average Bonchev–Trinajstić information content (AvgIpc) is 2.18. The van der Waals surface area contributed by atoms with Crippen molar-refractivity contribution in [1.29, 1.82) is 0 Å². The fourth-order valence-corrected chi connectivity index (χ4v) is 1.42. The van der Waals surface area contributed by atoms with Crippen molar-refractivity contribution < 1.29 is 24.3 Å². The van der Waals surface area contributed by atoms with E-state index in [4.69, 9.17) is 9.79 Å². The molecule has 0 amide bonds. The first-order chi connectivity index (χ1) is 7.35. The first-order valence-electron chi connectivity index (χ1n) is 4.23. The van der Waals surface area contributed by atoms with Crippen LogP contribution in [-0.2, 0) is 4.57 Å². The largest absolute Gasteiger partial charge is 0.505 e. The van der Waals surface area contributed by atoms with Crippen LogP contribution in [0.3, 0.4) is 0 Å². The van der Waals surface area contributed by atoms with Crippen LogP contribution in [0.15, 0.2) is 12.0 Å². The molecule has 0 aromatic carbocycles. The van der Waals surface area contributed by atoms with E-state index in [-0.39, 0.29) is 22.6 Å². The third kappa shape index (κ3) is 3.00. The number of carbonyl (C=O) groups excluding carboxylic acids is 1. The number of hydrogen-bond donors (Lipinski definition) is 3. The Hall–Kier alpha value is -1.49. The van der Waals surface area contributed by atoms with Crippen molar-refractivity contribution in [3.05, 3.63) is 28.8 Å². The Kier molecular flexibility index (Phi) is 3.59. The molecule has 0 atom stereocenters. The Balaban J connectivity index is 3.26. The van der Waals surface area contributed by atoms with Crippen LogP contribution in [-0.4, -0.2) is 26.2 Å². The number of aryl methyl sites for hydroxylation is 1. The third-order valence-corrected chi connectivity index (χ3v) is 2.41. The molecule has 0 aliphatic heterocycles. The van der Waals surface area contributed by atoms with Gasteiger partial charge < -0.3 is 14.9 Å². The van der Waals surface area contributed by atoms with Crippen LogP contribution in [0, 0.1) is 6.92 Å². The van der Waals surface area contributed by atoms with E-state index in [2.05, 4.69) is 4.98 Å². The first-order valence-corrected chi connectivity index (χ1v) is 5.91. The zero-order valence-electron chi connectivity index (χ0n) is 8.36. The lowest BCUT2D eigenvalue weighted by Crippen LogP contribution is -1.93. The number of aromatic hydroxyl groups is 1. The summed E-state index contributed by atoms with van der Waals surface area (Å²) in [4.78, 5) is 31.7. The zero-order chi connectivity index (χ0) is 12.3. The average molecular weight is 243 g/mol. The molecule has 0 radical (unpaired) electrons. The van der Waals surface area contributed by atoms with Crippen molar-refractivity contribution in [3.63, 3.8) is 0 Å². The van der Waals surface area contributed by atoms with Gasteiger partial charge in [-0.2, -0.15) is 0 Å². The summed E-state index contributed by atoms with van der Waals surface area (Å²) in [5, 5.41) is 9.49. The minimum atomic E-state index is -4.29. The molecule has 3 N–H and O–H groups in total. The topological polar surface area (TPSA) is 108 Å². The monoisotopic (exact) mass is 243 g/mol. The second-order valence-electron chi connectivity index (χ2n) is 3.08. The Morgan fingerprint density at radius 1 is 1.44 bits per heavy atom. The fraction of sp³-hybridized carbons (Fsp3) is 0.111. The van der Waals surface area contributed by atoms with Crippen molar-refractivity contribution in [1.82, 2.24) is 4.98 Å². The number of carbonyl (C=O) groups is 1. The highest BCUT2D eigenvalue weighted by atomic mass is 31.2. The van der Waals surface area contributed by atoms with Crippen molar-refractivity contribution in [2.24, 2.45) is 0 Å². The van der Waals surface area contributed by atoms with E-state index < -0.39 is 7.60 Å². The molecule has 0 aliphatic rings. The lowest BCUT2D eigenvalue weighted by molar-refractivity contribution is 0.112. The molecule has 7 heteroatoms. The molecule has 1 heterocycles. The summed E-state index contributed by atoms with van der Waals surface area (Å²) in [6, 6.07) is 0. The predicted molar refractivity (Wildman–Crippen MR) is 57.1 cm³/mol. The Morgan fingerprint density at radius 2 is 2.06 bits per heavy atom. The van der Waals surface area contributed by atoms with Crippen LogP contribution in [0.25, 0.3) is 6.08 Å². The normalized spacial score (nSPS) is 11.9. The summed E-state index contributed by atoms with van der Waals surface area (Å²) in [6.07, 6.45) is 2.71. The summed E-state index contributed by atoms with van der Waals surface area (Å²) in [5.41, 5.74) is 0.383. The van der Waals surface area contributed by atoms with Gasteiger partial charge in [-0.3, -0.25) is 14.3 Å². The van der Waals surface area contributed by atoms with E-state index in [1.165, 1.54) is 13.1 Å². The molecule has 1 aromatic rings. The van der Waals surface area contributed by atoms with Crippen molar-refractivity contribution in [3.8, 4) is 5.75 Å². The first kappa shape index (κ1) is 12.6. The van der Waals surface area contributed by atoms with Crippen LogP contribution >= 0.6 is 7.60 Å². The molecule has 0 bridgehead atoms. The Labute approximate surface area is 91.4 Å². The molecule has 86 valence electrons. The second-order valence-corrected chi connectivity index (χ2v) is 4.56. The highest BCUT2D eigenvalue weighted by Gasteiger charge is 2.11. The fourth-order valence-electron chi connectivity index (χ4n) is 1.06. The summed E-state index contributed by atoms with van der Waals surface area (Å²) in [7, 11) is -4.29. The highest BCUT2D eigenvalue weighted by molar-refractivity contribution is 7.55. The number of hydrogen-bond acceptors (Lipinski definition) is 4. The molecular formula is C9H10NO5P. The summed E-state index contributed by atoms with van der Waals surface area (Å²) in [5.74, 6) is 0.356. The molecule has 0 aliphatic carbocycles. The predicted octanol–water partition coefficient (Wildman–Crippen LogP) is 1.06. The molecule has 0 spiro atoms. The Bertz CT molecular complexity index is 491. The van der Waals surface area contributed by atoms with Crippen LogP contribution < -0.4 is 0 Å². The third-order valence-electron chi connectivity index (χ3n) is 1.87. The minimum Gasteiger partial charge on any atom is -0.505 e. The molecule has 0 unspecified atom stereocenters. The van der Waals surface area contributed by atoms with Crippen molar-refractivity contribution in [2.45, 2.75) is 6.92 Å². The maximum Gasteiger partial charge on any atom is 0.349 e. The minimum absolute atomic E-state index is 0.0443. The van der Waals surface area contributed by atoms with E-state index >= 15 is 0 Å². The van der Waals surface area contributed by atoms with Gasteiger partial charge in [-0.15, -0.1) is 0 Å². The second kappa shape index (κ2) is 4.57. The highest BCUT2D eigenvalue weighted by Crippen LogP contribution is 2.37. The number of pyridine rings is 1. The van der Waals surface area contributed by atoms with E-state index in [0.29, 0.717) is 12.1 Å². The SMILES string of the molecule is Cc1ncc(/C=C/P(=O)(O)O)c(C=O)c1O. The Morgan fingerprint density at radius 3 is 2.56 bits per heavy atom. The van der Waals surface area contributed by atoms with Crippen LogP contribution in [0.1, 0.15) is 21.6 Å². The molecule has 0 saturated heterocycles. The molecular weight excluding hydrogens is 233 g/mol. The quantitative estimate of drug-likeness (QED) is 0.541. The van der Waals surface area contributed by atoms with Crippen molar-refractivity contribution in [2.75, 3.05) is 0 Å². The van der Waals surface area contributed by atoms with E-state index in [1.807, 2.05) is 0 Å². The molecule has 1 aromatic heterocycles. The lowest BCUT2D eigenvalue weighted by atomic mass is 10.1. The molecule has 0 fully saturated rings. The van der Waals surface area contributed by atoms with Gasteiger partial charge in [0.25, 0.3) is 0 Å². The lowest BCUT2D eigenvalue weighted by Gasteiger charge is -2.04. The maximum atomic E-state index is 10.7.